The Bertz CT molecular complexity index is 951. The molecule has 0 radical (unpaired) electrons. The van der Waals surface area contributed by atoms with Crippen molar-refractivity contribution in [3.8, 4) is 0 Å². The molecule has 38 heavy (non-hydrogen) atoms. The van der Waals surface area contributed by atoms with Crippen LogP contribution in [0.3, 0.4) is 0 Å². The Kier molecular flexibility index (Phi) is 14.9. The fraction of sp³-hybridized carbons (Fsp3) is 0.679. The predicted octanol–water partition coefficient (Wildman–Crippen LogP) is 5.38. The summed E-state index contributed by atoms with van der Waals surface area (Å²) < 4.78 is 25.5. The van der Waals surface area contributed by atoms with Crippen molar-refractivity contribution in [1.29, 1.82) is 0 Å². The molecule has 1 saturated heterocycles. The Balaban J connectivity index is 1.54. The first-order valence-electron chi connectivity index (χ1n) is 13.9. The zero-order chi connectivity index (χ0) is 27.8. The summed E-state index contributed by atoms with van der Waals surface area (Å²) in [6.45, 7) is 3.91. The van der Waals surface area contributed by atoms with E-state index in [1.54, 1.807) is 0 Å². The number of hydrogen-bond donors (Lipinski definition) is 3. The number of carbonyl (C=O) groups excluding carboxylic acids is 1. The molecule has 0 aliphatic carbocycles. The standard InChI is InChI=1S/C28H44FN3O6/c1-3-4-5-6-7-8-9-10-11-12-13-14-15-16-17-18-19-37-28(36)31-25-22(29)20-32(27(35)30-25)26-24(34)23(33)21(2)38-26/h7-8,10-11,20-21,23-24,26,33-34H,3-6,9,12-19H2,1-2H3,(H,30,31,35,36)/b8-7-,11-10-. The number of carbonyl (C=O) groups is 1. The van der Waals surface area contributed by atoms with Crippen LogP contribution in [0.2, 0.25) is 0 Å². The highest BCUT2D eigenvalue weighted by Crippen LogP contribution is 2.28. The number of halogens is 1. The lowest BCUT2D eigenvalue weighted by Crippen LogP contribution is -2.36. The molecule has 214 valence electrons. The summed E-state index contributed by atoms with van der Waals surface area (Å²) >= 11 is 0. The molecule has 1 aliphatic rings. The van der Waals surface area contributed by atoms with Crippen LogP contribution in [-0.2, 0) is 9.47 Å². The third-order valence-corrected chi connectivity index (χ3v) is 6.46. The molecule has 4 atom stereocenters. The van der Waals surface area contributed by atoms with E-state index < -0.39 is 48.0 Å². The molecule has 1 aliphatic heterocycles. The maximum absolute atomic E-state index is 14.4. The Hall–Kier alpha value is -2.56. The molecule has 0 saturated carbocycles. The maximum Gasteiger partial charge on any atom is 0.412 e. The fourth-order valence-corrected chi connectivity index (χ4v) is 4.16. The molecular weight excluding hydrogens is 493 g/mol. The largest absolute Gasteiger partial charge is 0.449 e. The van der Waals surface area contributed by atoms with Gasteiger partial charge in [-0.2, -0.15) is 4.98 Å². The summed E-state index contributed by atoms with van der Waals surface area (Å²) in [5.41, 5.74) is -0.947. The van der Waals surface area contributed by atoms with E-state index >= 15 is 0 Å². The first kappa shape index (κ1) is 31.7. The van der Waals surface area contributed by atoms with Crippen LogP contribution in [0.1, 0.15) is 97.1 Å². The van der Waals surface area contributed by atoms with Crippen molar-refractivity contribution in [2.24, 2.45) is 0 Å². The Morgan fingerprint density at radius 1 is 1.05 bits per heavy atom. The van der Waals surface area contributed by atoms with E-state index in [9.17, 15) is 24.2 Å². The Morgan fingerprint density at radius 3 is 2.32 bits per heavy atom. The molecule has 1 amide bonds. The van der Waals surface area contributed by atoms with Crippen LogP contribution in [0.25, 0.3) is 0 Å². The van der Waals surface area contributed by atoms with Crippen LogP contribution in [0, 0.1) is 5.82 Å². The average molecular weight is 538 g/mol. The molecule has 4 unspecified atom stereocenters. The van der Waals surface area contributed by atoms with Gasteiger partial charge in [-0.15, -0.1) is 0 Å². The van der Waals surface area contributed by atoms with E-state index in [0.29, 0.717) is 6.42 Å². The van der Waals surface area contributed by atoms with Gasteiger partial charge in [-0.1, -0.05) is 69.8 Å². The van der Waals surface area contributed by atoms with Gasteiger partial charge in [-0.3, -0.25) is 9.88 Å². The summed E-state index contributed by atoms with van der Waals surface area (Å²) in [5.74, 6) is -1.57. The number of nitrogens with zero attached hydrogens (tertiary/aromatic N) is 2. The van der Waals surface area contributed by atoms with Gasteiger partial charge >= 0.3 is 11.8 Å². The topological polar surface area (TPSA) is 123 Å². The Labute approximate surface area is 224 Å². The number of nitrogens with one attached hydrogen (secondary N) is 1. The van der Waals surface area contributed by atoms with Crippen LogP contribution in [0.4, 0.5) is 15.0 Å². The number of hydrogen-bond acceptors (Lipinski definition) is 7. The van der Waals surface area contributed by atoms with Crippen molar-refractivity contribution >= 4 is 11.9 Å². The van der Waals surface area contributed by atoms with Crippen LogP contribution in [0.15, 0.2) is 35.3 Å². The van der Waals surface area contributed by atoms with E-state index in [4.69, 9.17) is 9.47 Å². The van der Waals surface area contributed by atoms with Gasteiger partial charge in [0.2, 0.25) is 0 Å². The second-order valence-electron chi connectivity index (χ2n) is 9.69. The number of allylic oxidation sites excluding steroid dienone is 4. The first-order valence-corrected chi connectivity index (χ1v) is 13.9. The van der Waals surface area contributed by atoms with Gasteiger partial charge < -0.3 is 19.7 Å². The lowest BCUT2D eigenvalue weighted by atomic mass is 10.1. The number of amides is 1. The van der Waals surface area contributed by atoms with Crippen LogP contribution < -0.4 is 11.0 Å². The highest BCUT2D eigenvalue weighted by atomic mass is 19.1. The number of rotatable bonds is 17. The van der Waals surface area contributed by atoms with E-state index in [2.05, 4.69) is 41.5 Å². The molecule has 0 bridgehead atoms. The van der Waals surface area contributed by atoms with E-state index in [1.807, 2.05) is 0 Å². The monoisotopic (exact) mass is 537 g/mol. The lowest BCUT2D eigenvalue weighted by molar-refractivity contribution is -0.0355. The van der Waals surface area contributed by atoms with Gasteiger partial charge in [-0.25, -0.2) is 14.0 Å². The molecular formula is C28H44FN3O6. The maximum atomic E-state index is 14.4. The predicted molar refractivity (Wildman–Crippen MR) is 144 cm³/mol. The number of aliphatic hydroxyl groups is 2. The zero-order valence-electron chi connectivity index (χ0n) is 22.7. The van der Waals surface area contributed by atoms with Crippen molar-refractivity contribution in [3.05, 3.63) is 46.8 Å². The van der Waals surface area contributed by atoms with Crippen molar-refractivity contribution in [3.63, 3.8) is 0 Å². The van der Waals surface area contributed by atoms with Gasteiger partial charge in [0.15, 0.2) is 17.9 Å². The van der Waals surface area contributed by atoms with Gasteiger partial charge in [0.25, 0.3) is 0 Å². The number of ether oxygens (including phenoxy) is 2. The Morgan fingerprint density at radius 2 is 1.68 bits per heavy atom. The van der Waals surface area contributed by atoms with Crippen molar-refractivity contribution in [2.75, 3.05) is 11.9 Å². The number of aliphatic hydroxyl groups excluding tert-OH is 2. The first-order chi connectivity index (χ1) is 18.3. The summed E-state index contributed by atoms with van der Waals surface area (Å²) in [4.78, 5) is 27.7. The number of aromatic nitrogens is 2. The van der Waals surface area contributed by atoms with Gasteiger partial charge in [0, 0.05) is 0 Å². The van der Waals surface area contributed by atoms with E-state index in [-0.39, 0.29) is 6.61 Å². The number of unbranched alkanes of at least 4 members (excludes halogenated alkanes) is 9. The van der Waals surface area contributed by atoms with E-state index in [1.165, 1.54) is 39.0 Å². The van der Waals surface area contributed by atoms with Crippen LogP contribution in [-0.4, -0.2) is 50.8 Å². The average Bonchev–Trinajstić information content (AvgIpc) is 3.14. The lowest BCUT2D eigenvalue weighted by Gasteiger charge is -2.17. The third kappa shape index (κ3) is 11.0. The second-order valence-corrected chi connectivity index (χ2v) is 9.69. The highest BCUT2D eigenvalue weighted by Gasteiger charge is 2.42. The molecule has 0 aromatic carbocycles. The minimum atomic E-state index is -1.41. The van der Waals surface area contributed by atoms with Gasteiger partial charge in [0.1, 0.15) is 12.2 Å². The van der Waals surface area contributed by atoms with E-state index in [0.717, 1.165) is 49.3 Å². The summed E-state index contributed by atoms with van der Waals surface area (Å²) in [6, 6.07) is 0. The van der Waals surface area contributed by atoms with Crippen LogP contribution >= 0.6 is 0 Å². The molecule has 2 rings (SSSR count). The smallest absolute Gasteiger partial charge is 0.412 e. The molecule has 9 nitrogen and oxygen atoms in total. The highest BCUT2D eigenvalue weighted by molar-refractivity contribution is 5.83. The van der Waals surface area contributed by atoms with Crippen LogP contribution in [0.5, 0.6) is 0 Å². The number of anilines is 1. The molecule has 0 spiro atoms. The molecule has 1 aromatic rings. The third-order valence-electron chi connectivity index (χ3n) is 6.46. The molecule has 2 heterocycles. The molecule has 3 N–H and O–H groups in total. The minimum Gasteiger partial charge on any atom is -0.449 e. The SMILES string of the molecule is CCCCC/C=C\C/C=C\CCCCCCCCOC(=O)Nc1nc(=O)n(C2OC(C)C(O)C2O)cc1F. The summed E-state index contributed by atoms with van der Waals surface area (Å²) in [5, 5.41) is 21.9. The molecule has 10 heteroatoms. The van der Waals surface area contributed by atoms with Crippen molar-refractivity contribution < 1.29 is 28.9 Å². The normalized spacial score (nSPS) is 21.5. The zero-order valence-corrected chi connectivity index (χ0v) is 22.7. The van der Waals surface area contributed by atoms with Gasteiger partial charge in [-0.05, 0) is 45.4 Å². The second kappa shape index (κ2) is 17.9. The molecule has 1 fully saturated rings. The van der Waals surface area contributed by atoms with Gasteiger partial charge in [0.05, 0.1) is 18.9 Å². The fourth-order valence-electron chi connectivity index (χ4n) is 4.16. The molecule has 1 aromatic heterocycles. The summed E-state index contributed by atoms with van der Waals surface area (Å²) in [6.07, 6.45) is 17.4. The van der Waals surface area contributed by atoms with Crippen molar-refractivity contribution in [2.45, 2.75) is 115 Å². The minimum absolute atomic E-state index is 0.178. The summed E-state index contributed by atoms with van der Waals surface area (Å²) in [7, 11) is 0. The quantitative estimate of drug-likeness (QED) is 0.180. The van der Waals surface area contributed by atoms with Crippen molar-refractivity contribution in [1.82, 2.24) is 9.55 Å².